The lowest BCUT2D eigenvalue weighted by Crippen LogP contribution is -2.54. The first kappa shape index (κ1) is 8.78. The van der Waals surface area contributed by atoms with Crippen LogP contribution in [0, 0.1) is 0 Å². The largest absolute Gasteiger partial charge is 0.449 e. The Bertz CT molecular complexity index is 236. The number of carbonyl (C=O) groups is 1. The number of hydrogen-bond acceptors (Lipinski definition) is 3. The van der Waals surface area contributed by atoms with Crippen molar-refractivity contribution in [3.8, 4) is 0 Å². The molecular formula is C4H4F3N3O2. The number of rotatable bonds is 0. The van der Waals surface area contributed by atoms with Crippen molar-refractivity contribution in [3.05, 3.63) is 0 Å². The summed E-state index contributed by atoms with van der Waals surface area (Å²) in [5.41, 5.74) is 0. The van der Waals surface area contributed by atoms with Gasteiger partial charge in [-0.1, -0.05) is 0 Å². The number of urea groups is 1. The Labute approximate surface area is 64.3 Å². The van der Waals surface area contributed by atoms with Crippen molar-refractivity contribution < 1.29 is 23.1 Å². The molecule has 68 valence electrons. The van der Waals surface area contributed by atoms with E-state index in [0.717, 1.165) is 0 Å². The molecule has 0 aromatic heterocycles. The lowest BCUT2D eigenvalue weighted by Gasteiger charge is -2.19. The van der Waals surface area contributed by atoms with Gasteiger partial charge in [-0.2, -0.15) is 13.2 Å². The maximum absolute atomic E-state index is 11.8. The van der Waals surface area contributed by atoms with Gasteiger partial charge >= 0.3 is 12.2 Å². The zero-order valence-corrected chi connectivity index (χ0v) is 5.51. The van der Waals surface area contributed by atoms with Crippen LogP contribution >= 0.6 is 0 Å². The quantitative estimate of drug-likeness (QED) is 0.475. The number of alkyl halides is 3. The highest BCUT2D eigenvalue weighted by Gasteiger charge is 2.39. The van der Waals surface area contributed by atoms with Gasteiger partial charge in [-0.15, -0.1) is 0 Å². The van der Waals surface area contributed by atoms with Gasteiger partial charge in [-0.25, -0.2) is 9.79 Å². The molecule has 0 aromatic rings. The fourth-order valence-electron chi connectivity index (χ4n) is 0.592. The van der Waals surface area contributed by atoms with Crippen LogP contribution in [0.15, 0.2) is 4.99 Å². The molecule has 0 bridgehead atoms. The van der Waals surface area contributed by atoms with E-state index in [1.807, 2.05) is 0 Å². The lowest BCUT2D eigenvalue weighted by molar-refractivity contribution is -0.0635. The van der Waals surface area contributed by atoms with E-state index in [2.05, 4.69) is 4.99 Å². The minimum atomic E-state index is -4.75. The van der Waals surface area contributed by atoms with Gasteiger partial charge in [-0.3, -0.25) is 10.6 Å². The third-order valence-corrected chi connectivity index (χ3v) is 1.01. The molecule has 1 rings (SSSR count). The molecule has 0 aliphatic carbocycles. The summed E-state index contributed by atoms with van der Waals surface area (Å²) in [4.78, 5) is 13.1. The third kappa shape index (κ3) is 1.84. The summed E-state index contributed by atoms with van der Waals surface area (Å²) < 4.78 is 35.4. The molecule has 1 unspecified atom stereocenters. The Balaban J connectivity index is 2.84. The Hall–Kier alpha value is -1.31. The van der Waals surface area contributed by atoms with Gasteiger partial charge in [0.25, 0.3) is 0 Å². The second-order valence-electron chi connectivity index (χ2n) is 1.95. The smallest absolute Gasteiger partial charge is 0.355 e. The molecular weight excluding hydrogens is 179 g/mol. The minimum Gasteiger partial charge on any atom is -0.355 e. The van der Waals surface area contributed by atoms with E-state index in [1.54, 1.807) is 5.32 Å². The van der Waals surface area contributed by atoms with Crippen molar-refractivity contribution in [2.75, 3.05) is 0 Å². The van der Waals surface area contributed by atoms with Crippen LogP contribution < -0.4 is 10.6 Å². The van der Waals surface area contributed by atoms with Crippen molar-refractivity contribution in [3.63, 3.8) is 0 Å². The molecule has 0 aromatic carbocycles. The first-order valence-corrected chi connectivity index (χ1v) is 2.80. The Morgan fingerprint density at radius 1 is 1.50 bits per heavy atom. The summed E-state index contributed by atoms with van der Waals surface area (Å²) in [6.45, 7) is 0. The highest BCUT2D eigenvalue weighted by Crippen LogP contribution is 2.17. The van der Waals surface area contributed by atoms with Crippen LogP contribution in [0.3, 0.4) is 0 Å². The number of amides is 2. The molecule has 0 saturated carbocycles. The van der Waals surface area contributed by atoms with Crippen molar-refractivity contribution in [1.82, 2.24) is 10.6 Å². The normalized spacial score (nSPS) is 24.2. The summed E-state index contributed by atoms with van der Waals surface area (Å²) >= 11 is 0. The van der Waals surface area contributed by atoms with E-state index in [0.29, 0.717) is 0 Å². The summed E-state index contributed by atoms with van der Waals surface area (Å²) in [6, 6.07) is -1.13. The predicted octanol–water partition coefficient (Wildman–Crippen LogP) is -0.464. The number of aliphatic hydroxyl groups excluding tert-OH is 1. The first-order valence-electron chi connectivity index (χ1n) is 2.80. The second-order valence-corrected chi connectivity index (χ2v) is 1.95. The number of nitrogens with zero attached hydrogens (tertiary/aromatic N) is 1. The van der Waals surface area contributed by atoms with Crippen molar-refractivity contribution >= 4 is 11.9 Å². The number of halogens is 3. The molecule has 0 radical (unpaired) electrons. The first-order chi connectivity index (χ1) is 5.39. The number of hydrogen-bond donors (Lipinski definition) is 3. The third-order valence-electron chi connectivity index (χ3n) is 1.01. The number of aliphatic hydroxyl groups is 1. The molecule has 0 saturated heterocycles. The second kappa shape index (κ2) is 2.63. The van der Waals surface area contributed by atoms with Gasteiger partial charge in [0.1, 0.15) is 0 Å². The standard InChI is InChI=1S/C4H4F3N3O2/c5-4(6,7)1-8-2(11)10-3(12)9-1/h2,11H,(H2,8,9,10,12). The molecule has 2 amide bonds. The van der Waals surface area contributed by atoms with Crippen LogP contribution in [0.2, 0.25) is 0 Å². The average molecular weight is 183 g/mol. The number of nitrogens with one attached hydrogen (secondary N) is 2. The van der Waals surface area contributed by atoms with E-state index >= 15 is 0 Å². The van der Waals surface area contributed by atoms with Crippen LogP contribution in [-0.4, -0.2) is 29.5 Å². The zero-order valence-electron chi connectivity index (χ0n) is 5.51. The highest BCUT2D eigenvalue weighted by molar-refractivity contribution is 6.01. The van der Waals surface area contributed by atoms with Gasteiger partial charge in [0.15, 0.2) is 0 Å². The molecule has 0 spiro atoms. The van der Waals surface area contributed by atoms with E-state index in [1.165, 1.54) is 5.32 Å². The van der Waals surface area contributed by atoms with Crippen LogP contribution in [0.5, 0.6) is 0 Å². The van der Waals surface area contributed by atoms with E-state index < -0.39 is 24.4 Å². The molecule has 12 heavy (non-hydrogen) atoms. The van der Waals surface area contributed by atoms with Crippen molar-refractivity contribution in [2.24, 2.45) is 4.99 Å². The average Bonchev–Trinajstić information content (AvgIpc) is 1.82. The number of carbonyl (C=O) groups excluding carboxylic acids is 1. The van der Waals surface area contributed by atoms with Gasteiger partial charge in [0.05, 0.1) is 0 Å². The summed E-state index contributed by atoms with van der Waals surface area (Å²) in [5.74, 6) is -1.50. The Morgan fingerprint density at radius 3 is 2.50 bits per heavy atom. The molecule has 5 nitrogen and oxygen atoms in total. The predicted molar refractivity (Wildman–Crippen MR) is 31.2 cm³/mol. The fraction of sp³-hybridized carbons (Fsp3) is 0.500. The minimum absolute atomic E-state index is 1.13. The number of amidine groups is 1. The molecule has 1 atom stereocenters. The van der Waals surface area contributed by atoms with E-state index in [9.17, 15) is 18.0 Å². The fourth-order valence-corrected chi connectivity index (χ4v) is 0.592. The molecule has 3 N–H and O–H groups in total. The zero-order chi connectivity index (χ0) is 9.35. The van der Waals surface area contributed by atoms with E-state index in [4.69, 9.17) is 5.11 Å². The van der Waals surface area contributed by atoms with E-state index in [-0.39, 0.29) is 0 Å². The molecule has 1 heterocycles. The maximum Gasteiger partial charge on any atom is 0.449 e. The Morgan fingerprint density at radius 2 is 2.08 bits per heavy atom. The van der Waals surface area contributed by atoms with Gasteiger partial charge in [0, 0.05) is 0 Å². The topological polar surface area (TPSA) is 73.7 Å². The SMILES string of the molecule is O=C1NC(C(F)(F)F)=NC(O)N1. The molecule has 1 aliphatic heterocycles. The molecule has 1 aliphatic rings. The van der Waals surface area contributed by atoms with Crippen LogP contribution in [0.1, 0.15) is 0 Å². The molecule has 0 fully saturated rings. The van der Waals surface area contributed by atoms with Crippen LogP contribution in [0.25, 0.3) is 0 Å². The number of aliphatic imine (C=N–C) groups is 1. The summed E-state index contributed by atoms with van der Waals surface area (Å²) in [5, 5.41) is 11.7. The van der Waals surface area contributed by atoms with Gasteiger partial charge < -0.3 is 5.11 Å². The summed E-state index contributed by atoms with van der Waals surface area (Å²) in [7, 11) is 0. The van der Waals surface area contributed by atoms with Gasteiger partial charge in [-0.05, 0) is 0 Å². The lowest BCUT2D eigenvalue weighted by atomic mass is 10.5. The van der Waals surface area contributed by atoms with Gasteiger partial charge in [0.2, 0.25) is 12.2 Å². The van der Waals surface area contributed by atoms with Crippen LogP contribution in [-0.2, 0) is 0 Å². The van der Waals surface area contributed by atoms with Crippen molar-refractivity contribution in [2.45, 2.75) is 12.5 Å². The maximum atomic E-state index is 11.8. The molecule has 8 heteroatoms. The Kier molecular flexibility index (Phi) is 1.92. The monoisotopic (exact) mass is 183 g/mol. The summed E-state index contributed by atoms with van der Waals surface area (Å²) in [6.07, 6.45) is -6.59. The van der Waals surface area contributed by atoms with Crippen LogP contribution in [0.4, 0.5) is 18.0 Å². The highest BCUT2D eigenvalue weighted by atomic mass is 19.4. The van der Waals surface area contributed by atoms with Crippen molar-refractivity contribution in [1.29, 1.82) is 0 Å².